The van der Waals surface area contributed by atoms with Crippen LogP contribution in [0.2, 0.25) is 5.02 Å². The highest BCUT2D eigenvalue weighted by atomic mass is 35.5. The number of hydrogen-bond donors (Lipinski definition) is 0. The van der Waals surface area contributed by atoms with Gasteiger partial charge in [0.25, 0.3) is 0 Å². The zero-order chi connectivity index (χ0) is 17.8. The van der Waals surface area contributed by atoms with E-state index in [1.807, 2.05) is 25.4 Å². The van der Waals surface area contributed by atoms with Crippen molar-refractivity contribution in [2.45, 2.75) is 51.7 Å². The summed E-state index contributed by atoms with van der Waals surface area (Å²) >= 11 is 6.14. The summed E-state index contributed by atoms with van der Waals surface area (Å²) in [4.78, 5) is 6.74. The number of hydrogen-bond acceptors (Lipinski definition) is 3. The summed E-state index contributed by atoms with van der Waals surface area (Å²) in [7, 11) is 1.43. The lowest BCUT2D eigenvalue weighted by Gasteiger charge is -2.36. The van der Waals surface area contributed by atoms with Crippen molar-refractivity contribution in [3.63, 3.8) is 0 Å². The molecular weight excluding hydrogens is 341 g/mol. The molecule has 2 heterocycles. The fraction of sp³-hybridized carbons (Fsp3) is 0.526. The molecule has 4 nitrogen and oxygen atoms in total. The summed E-state index contributed by atoms with van der Waals surface area (Å²) < 4.78 is 21.3. The fourth-order valence-electron chi connectivity index (χ4n) is 3.66. The minimum atomic E-state index is -0.396. The zero-order valence-corrected chi connectivity index (χ0v) is 15.6. The van der Waals surface area contributed by atoms with Gasteiger partial charge in [0.1, 0.15) is 5.82 Å². The van der Waals surface area contributed by atoms with E-state index in [1.54, 1.807) is 0 Å². The maximum Gasteiger partial charge on any atom is 0.173 e. The second kappa shape index (κ2) is 8.19. The van der Waals surface area contributed by atoms with Gasteiger partial charge in [-0.2, -0.15) is 0 Å². The number of ether oxygens (including phenoxy) is 1. The summed E-state index contributed by atoms with van der Waals surface area (Å²) in [6.45, 7) is 4.75. The normalized spacial score (nSPS) is 18.5. The second-order valence-electron chi connectivity index (χ2n) is 6.67. The number of likely N-dealkylation sites (tertiary alicyclic amines) is 1. The first-order valence-electron chi connectivity index (χ1n) is 8.82. The van der Waals surface area contributed by atoms with E-state index in [9.17, 15) is 4.39 Å². The van der Waals surface area contributed by atoms with Crippen LogP contribution >= 0.6 is 11.6 Å². The molecule has 1 saturated heterocycles. The van der Waals surface area contributed by atoms with Crippen molar-refractivity contribution in [3.8, 4) is 5.75 Å². The lowest BCUT2D eigenvalue weighted by Crippen LogP contribution is -2.39. The molecule has 1 atom stereocenters. The molecule has 0 bridgehead atoms. The first-order chi connectivity index (χ1) is 12.1. The number of piperidine rings is 1. The number of nitrogens with zero attached hydrogens (tertiary/aromatic N) is 3. The van der Waals surface area contributed by atoms with E-state index in [-0.39, 0.29) is 5.75 Å². The third-order valence-corrected chi connectivity index (χ3v) is 5.30. The molecule has 0 radical (unpaired) electrons. The minimum Gasteiger partial charge on any atom is -0.492 e. The summed E-state index contributed by atoms with van der Waals surface area (Å²) in [5, 5.41) is 0.333. The van der Waals surface area contributed by atoms with Crippen molar-refractivity contribution in [2.24, 2.45) is 0 Å². The topological polar surface area (TPSA) is 30.3 Å². The molecule has 25 heavy (non-hydrogen) atoms. The molecule has 0 N–H and O–H groups in total. The molecule has 2 aromatic rings. The average Bonchev–Trinajstić information content (AvgIpc) is 2.99. The molecule has 1 aliphatic rings. The number of methoxy groups -OCH3 is 1. The molecule has 1 aromatic heterocycles. The number of aromatic nitrogens is 2. The number of halogens is 2. The van der Waals surface area contributed by atoms with Crippen molar-refractivity contribution in [3.05, 3.63) is 46.8 Å². The minimum absolute atomic E-state index is 0.121. The number of aryl methyl sites for hydroxylation is 2. The Labute approximate surface area is 153 Å². The van der Waals surface area contributed by atoms with Crippen molar-refractivity contribution in [2.75, 3.05) is 13.7 Å². The lowest BCUT2D eigenvalue weighted by molar-refractivity contribution is 0.128. The van der Waals surface area contributed by atoms with Gasteiger partial charge in [0, 0.05) is 31.5 Å². The van der Waals surface area contributed by atoms with Crippen LogP contribution in [0.25, 0.3) is 0 Å². The van der Waals surface area contributed by atoms with Crippen LogP contribution < -0.4 is 4.74 Å². The van der Waals surface area contributed by atoms with Crippen LogP contribution in [-0.2, 0) is 13.1 Å². The van der Waals surface area contributed by atoms with Gasteiger partial charge in [0.05, 0.1) is 12.1 Å². The SMILES string of the molecule is COc1c(F)cc(CN2CCCC[C@H]2CCn2ccnc2C)cc1Cl. The van der Waals surface area contributed by atoms with Crippen LogP contribution in [0, 0.1) is 12.7 Å². The van der Waals surface area contributed by atoms with E-state index in [4.69, 9.17) is 16.3 Å². The predicted molar refractivity (Wildman–Crippen MR) is 97.6 cm³/mol. The van der Waals surface area contributed by atoms with Crippen LogP contribution in [0.1, 0.15) is 37.1 Å². The van der Waals surface area contributed by atoms with E-state index in [0.717, 1.165) is 30.9 Å². The van der Waals surface area contributed by atoms with Gasteiger partial charge in [-0.1, -0.05) is 18.0 Å². The number of benzene rings is 1. The maximum absolute atomic E-state index is 14.1. The van der Waals surface area contributed by atoms with E-state index < -0.39 is 5.82 Å². The van der Waals surface area contributed by atoms with E-state index in [0.29, 0.717) is 17.6 Å². The summed E-state index contributed by atoms with van der Waals surface area (Å²) in [5.74, 6) is 0.773. The first-order valence-corrected chi connectivity index (χ1v) is 9.20. The average molecular weight is 366 g/mol. The molecular formula is C19H25ClFN3O. The molecule has 3 rings (SSSR count). The molecule has 136 valence electrons. The third kappa shape index (κ3) is 4.33. The largest absolute Gasteiger partial charge is 0.492 e. The standard InChI is InChI=1S/C19H25ClFN3O/c1-14-22-7-10-23(14)9-6-16-5-3-4-8-24(16)13-15-11-17(20)19(25-2)18(21)12-15/h7,10-12,16H,3-6,8-9,13H2,1-2H3/t16-/m0/s1. The molecule has 1 aromatic carbocycles. The van der Waals surface area contributed by atoms with Gasteiger partial charge in [-0.15, -0.1) is 0 Å². The van der Waals surface area contributed by atoms with Crippen molar-refractivity contribution in [1.29, 1.82) is 0 Å². The van der Waals surface area contributed by atoms with Gasteiger partial charge in [0.2, 0.25) is 0 Å². The Morgan fingerprint density at radius 2 is 2.20 bits per heavy atom. The van der Waals surface area contributed by atoms with Gasteiger partial charge in [-0.25, -0.2) is 9.37 Å². The molecule has 0 aliphatic carbocycles. The molecule has 0 spiro atoms. The van der Waals surface area contributed by atoms with E-state index in [1.165, 1.54) is 32.4 Å². The van der Waals surface area contributed by atoms with E-state index in [2.05, 4.69) is 14.5 Å². The molecule has 0 saturated carbocycles. The van der Waals surface area contributed by atoms with Gasteiger partial charge in [-0.3, -0.25) is 4.90 Å². The zero-order valence-electron chi connectivity index (χ0n) is 14.8. The van der Waals surface area contributed by atoms with Gasteiger partial charge < -0.3 is 9.30 Å². The van der Waals surface area contributed by atoms with Gasteiger partial charge >= 0.3 is 0 Å². The Kier molecular flexibility index (Phi) is 5.97. The van der Waals surface area contributed by atoms with Crippen molar-refractivity contribution < 1.29 is 9.13 Å². The highest BCUT2D eigenvalue weighted by molar-refractivity contribution is 6.32. The predicted octanol–water partition coefficient (Wildman–Crippen LogP) is 4.44. The third-order valence-electron chi connectivity index (χ3n) is 5.02. The highest BCUT2D eigenvalue weighted by Gasteiger charge is 2.23. The Morgan fingerprint density at radius 3 is 2.88 bits per heavy atom. The Bertz CT molecular complexity index is 695. The lowest BCUT2D eigenvalue weighted by atomic mass is 9.98. The van der Waals surface area contributed by atoms with Crippen molar-refractivity contribution in [1.82, 2.24) is 14.5 Å². The number of rotatable bonds is 6. The Hall–Kier alpha value is -1.59. The summed E-state index contributed by atoms with van der Waals surface area (Å²) in [5.41, 5.74) is 0.897. The molecule has 6 heteroatoms. The molecule has 0 amide bonds. The summed E-state index contributed by atoms with van der Waals surface area (Å²) in [6, 6.07) is 3.85. The van der Waals surface area contributed by atoms with E-state index >= 15 is 0 Å². The Morgan fingerprint density at radius 1 is 1.36 bits per heavy atom. The van der Waals surface area contributed by atoms with Gasteiger partial charge in [0.15, 0.2) is 11.6 Å². The summed E-state index contributed by atoms with van der Waals surface area (Å²) in [6.07, 6.45) is 8.57. The Balaban J connectivity index is 1.68. The quantitative estimate of drug-likeness (QED) is 0.758. The van der Waals surface area contributed by atoms with Crippen LogP contribution in [0.15, 0.2) is 24.5 Å². The molecule has 1 fully saturated rings. The molecule has 0 unspecified atom stereocenters. The molecule has 1 aliphatic heterocycles. The van der Waals surface area contributed by atoms with Crippen LogP contribution in [-0.4, -0.2) is 34.1 Å². The highest BCUT2D eigenvalue weighted by Crippen LogP contribution is 2.30. The van der Waals surface area contributed by atoms with Crippen molar-refractivity contribution >= 4 is 11.6 Å². The smallest absolute Gasteiger partial charge is 0.173 e. The number of imidazole rings is 1. The second-order valence-corrected chi connectivity index (χ2v) is 7.08. The van der Waals surface area contributed by atoms with Crippen LogP contribution in [0.5, 0.6) is 5.75 Å². The maximum atomic E-state index is 14.1. The van der Waals surface area contributed by atoms with Gasteiger partial charge in [-0.05, 0) is 50.4 Å². The van der Waals surface area contributed by atoms with Crippen LogP contribution in [0.3, 0.4) is 0 Å². The fourth-order valence-corrected chi connectivity index (χ4v) is 3.96. The monoisotopic (exact) mass is 365 g/mol. The van der Waals surface area contributed by atoms with Crippen LogP contribution in [0.4, 0.5) is 4.39 Å². The first kappa shape index (κ1) is 18.2.